The number of hydrogen-bond acceptors (Lipinski definition) is 5. The molecular weight excluding hydrogens is 330 g/mol. The van der Waals surface area contributed by atoms with Gasteiger partial charge in [0.1, 0.15) is 0 Å². The maximum atomic E-state index is 12.1. The standard InChI is InChI=1S/C18H12ClNO4/c1-10-2-4-11(5-3-10)17-20-14(18(21)24-17)6-12-7-15-16(8-13(12)19)23-9-22-15/h2-8H,9H2,1H3/b14-6+. The van der Waals surface area contributed by atoms with Crippen molar-refractivity contribution in [3.8, 4) is 11.5 Å². The van der Waals surface area contributed by atoms with Crippen molar-refractivity contribution in [2.24, 2.45) is 4.99 Å². The zero-order chi connectivity index (χ0) is 16.7. The maximum absolute atomic E-state index is 12.1. The number of aryl methyl sites for hydroxylation is 1. The number of benzene rings is 2. The number of carbonyl (C=O) groups is 1. The second-order valence-corrected chi connectivity index (χ2v) is 5.84. The van der Waals surface area contributed by atoms with Gasteiger partial charge in [-0.2, -0.15) is 0 Å². The van der Waals surface area contributed by atoms with Gasteiger partial charge in [0, 0.05) is 11.6 Å². The number of cyclic esters (lactones) is 1. The molecule has 0 bridgehead atoms. The Kier molecular flexibility index (Phi) is 3.50. The van der Waals surface area contributed by atoms with Gasteiger partial charge in [-0.3, -0.25) is 0 Å². The van der Waals surface area contributed by atoms with E-state index in [-0.39, 0.29) is 18.4 Å². The Morgan fingerprint density at radius 1 is 1.12 bits per heavy atom. The molecule has 24 heavy (non-hydrogen) atoms. The first kappa shape index (κ1) is 14.8. The molecule has 0 unspecified atom stereocenters. The fourth-order valence-corrected chi connectivity index (χ4v) is 2.63. The molecule has 0 aliphatic carbocycles. The van der Waals surface area contributed by atoms with E-state index in [1.54, 1.807) is 18.2 Å². The van der Waals surface area contributed by atoms with Crippen molar-refractivity contribution in [2.75, 3.05) is 6.79 Å². The molecule has 0 saturated carbocycles. The van der Waals surface area contributed by atoms with Crippen molar-refractivity contribution in [3.63, 3.8) is 0 Å². The molecule has 120 valence electrons. The van der Waals surface area contributed by atoms with Gasteiger partial charge in [0.05, 0.1) is 5.02 Å². The third-order valence-electron chi connectivity index (χ3n) is 3.70. The fraction of sp³-hybridized carbons (Fsp3) is 0.111. The van der Waals surface area contributed by atoms with E-state index in [1.165, 1.54) is 0 Å². The summed E-state index contributed by atoms with van der Waals surface area (Å²) in [4.78, 5) is 16.3. The van der Waals surface area contributed by atoms with Gasteiger partial charge in [0.2, 0.25) is 12.7 Å². The SMILES string of the molecule is Cc1ccc(C2=N/C(=C/c3cc4c(cc3Cl)OCO4)C(=O)O2)cc1. The molecule has 0 aromatic heterocycles. The number of nitrogens with zero attached hydrogens (tertiary/aromatic N) is 1. The molecule has 0 saturated heterocycles. The lowest BCUT2D eigenvalue weighted by Crippen LogP contribution is -2.05. The molecule has 0 atom stereocenters. The van der Waals surface area contributed by atoms with E-state index in [0.717, 1.165) is 11.1 Å². The van der Waals surface area contributed by atoms with Crippen LogP contribution >= 0.6 is 11.6 Å². The lowest BCUT2D eigenvalue weighted by molar-refractivity contribution is -0.129. The van der Waals surface area contributed by atoms with Gasteiger partial charge in [-0.05, 0) is 36.8 Å². The van der Waals surface area contributed by atoms with Crippen LogP contribution in [-0.2, 0) is 9.53 Å². The van der Waals surface area contributed by atoms with E-state index < -0.39 is 5.97 Å². The summed E-state index contributed by atoms with van der Waals surface area (Å²) in [5.74, 6) is 0.933. The molecule has 0 amide bonds. The average Bonchev–Trinajstić information content (AvgIpc) is 3.15. The number of halogens is 1. The first-order chi connectivity index (χ1) is 11.6. The Bertz CT molecular complexity index is 900. The first-order valence-corrected chi connectivity index (χ1v) is 7.67. The minimum absolute atomic E-state index is 0.156. The summed E-state index contributed by atoms with van der Waals surface area (Å²) in [6.45, 7) is 2.14. The van der Waals surface area contributed by atoms with Crippen molar-refractivity contribution < 1.29 is 19.0 Å². The maximum Gasteiger partial charge on any atom is 0.363 e. The number of rotatable bonds is 2. The van der Waals surface area contributed by atoms with Crippen molar-refractivity contribution in [1.29, 1.82) is 0 Å². The second-order valence-electron chi connectivity index (χ2n) is 5.43. The van der Waals surface area contributed by atoms with Crippen molar-refractivity contribution in [2.45, 2.75) is 6.92 Å². The number of carbonyl (C=O) groups excluding carboxylic acids is 1. The highest BCUT2D eigenvalue weighted by molar-refractivity contribution is 6.32. The highest BCUT2D eigenvalue weighted by Gasteiger charge is 2.25. The second kappa shape index (κ2) is 5.69. The van der Waals surface area contributed by atoms with Crippen LogP contribution in [0.4, 0.5) is 0 Å². The summed E-state index contributed by atoms with van der Waals surface area (Å²) in [7, 11) is 0. The summed E-state index contributed by atoms with van der Waals surface area (Å²) in [6, 6.07) is 10.9. The van der Waals surface area contributed by atoms with Crippen LogP contribution < -0.4 is 9.47 Å². The number of ether oxygens (including phenoxy) is 3. The van der Waals surface area contributed by atoms with Crippen LogP contribution in [0.25, 0.3) is 6.08 Å². The summed E-state index contributed by atoms with van der Waals surface area (Å²) in [6.07, 6.45) is 1.58. The predicted octanol–water partition coefficient (Wildman–Crippen LogP) is 3.72. The van der Waals surface area contributed by atoms with Crippen molar-refractivity contribution in [1.82, 2.24) is 0 Å². The van der Waals surface area contributed by atoms with E-state index in [1.807, 2.05) is 31.2 Å². The number of esters is 1. The molecule has 0 fully saturated rings. The quantitative estimate of drug-likeness (QED) is 0.617. The van der Waals surface area contributed by atoms with Crippen LogP contribution in [0.15, 0.2) is 47.1 Å². The summed E-state index contributed by atoms with van der Waals surface area (Å²) >= 11 is 6.22. The van der Waals surface area contributed by atoms with Crippen LogP contribution in [0, 0.1) is 6.92 Å². The minimum Gasteiger partial charge on any atom is -0.454 e. The van der Waals surface area contributed by atoms with Gasteiger partial charge in [-0.25, -0.2) is 9.79 Å². The first-order valence-electron chi connectivity index (χ1n) is 7.29. The van der Waals surface area contributed by atoms with Crippen LogP contribution in [0.5, 0.6) is 11.5 Å². The van der Waals surface area contributed by atoms with Gasteiger partial charge in [0.25, 0.3) is 0 Å². The third kappa shape index (κ3) is 2.63. The van der Waals surface area contributed by atoms with E-state index in [4.69, 9.17) is 25.8 Å². The van der Waals surface area contributed by atoms with Crippen LogP contribution in [0.3, 0.4) is 0 Å². The average molecular weight is 342 g/mol. The van der Waals surface area contributed by atoms with E-state index >= 15 is 0 Å². The molecule has 0 spiro atoms. The Morgan fingerprint density at radius 3 is 2.58 bits per heavy atom. The molecule has 2 heterocycles. The highest BCUT2D eigenvalue weighted by Crippen LogP contribution is 2.37. The topological polar surface area (TPSA) is 57.1 Å². The summed E-state index contributed by atoms with van der Waals surface area (Å²) in [5.41, 5.74) is 2.66. The van der Waals surface area contributed by atoms with Crippen molar-refractivity contribution >= 4 is 29.5 Å². The smallest absolute Gasteiger partial charge is 0.363 e. The molecule has 2 aliphatic rings. The third-order valence-corrected chi connectivity index (χ3v) is 4.03. The molecule has 2 aromatic carbocycles. The van der Waals surface area contributed by atoms with Gasteiger partial charge in [-0.15, -0.1) is 0 Å². The zero-order valence-corrected chi connectivity index (χ0v) is 13.5. The normalized spacial score (nSPS) is 17.2. The largest absolute Gasteiger partial charge is 0.454 e. The van der Waals surface area contributed by atoms with E-state index in [9.17, 15) is 4.79 Å². The molecule has 5 nitrogen and oxygen atoms in total. The van der Waals surface area contributed by atoms with Crippen LogP contribution in [0.1, 0.15) is 16.7 Å². The highest BCUT2D eigenvalue weighted by atomic mass is 35.5. The van der Waals surface area contributed by atoms with Gasteiger partial charge in [0.15, 0.2) is 17.2 Å². The molecule has 6 heteroatoms. The molecule has 2 aromatic rings. The van der Waals surface area contributed by atoms with Crippen molar-refractivity contribution in [3.05, 3.63) is 63.8 Å². The fourth-order valence-electron chi connectivity index (χ4n) is 2.42. The Hall–Kier alpha value is -2.79. The molecule has 0 N–H and O–H groups in total. The van der Waals surface area contributed by atoms with Crippen LogP contribution in [0.2, 0.25) is 5.02 Å². The molecule has 2 aliphatic heterocycles. The summed E-state index contributed by atoms with van der Waals surface area (Å²) in [5, 5.41) is 0.443. The Labute approximate surface area is 143 Å². The summed E-state index contributed by atoms with van der Waals surface area (Å²) < 4.78 is 15.8. The lowest BCUT2D eigenvalue weighted by atomic mass is 10.1. The number of aliphatic imine (C=N–C) groups is 1. The van der Waals surface area contributed by atoms with Crippen LogP contribution in [-0.4, -0.2) is 18.7 Å². The molecule has 0 radical (unpaired) electrons. The molecule has 4 rings (SSSR count). The van der Waals surface area contributed by atoms with Gasteiger partial charge in [-0.1, -0.05) is 29.3 Å². The zero-order valence-electron chi connectivity index (χ0n) is 12.7. The Morgan fingerprint density at radius 2 is 1.83 bits per heavy atom. The predicted molar refractivity (Wildman–Crippen MR) is 89.4 cm³/mol. The van der Waals surface area contributed by atoms with E-state index in [0.29, 0.717) is 22.1 Å². The Balaban J connectivity index is 1.70. The monoisotopic (exact) mass is 341 g/mol. The molecular formula is C18H12ClNO4. The number of hydrogen-bond donors (Lipinski definition) is 0. The minimum atomic E-state index is -0.515. The van der Waals surface area contributed by atoms with Gasteiger partial charge < -0.3 is 14.2 Å². The lowest BCUT2D eigenvalue weighted by Gasteiger charge is -2.01. The van der Waals surface area contributed by atoms with E-state index in [2.05, 4.69) is 4.99 Å². The number of fused-ring (bicyclic) bond motifs is 1. The van der Waals surface area contributed by atoms with Gasteiger partial charge >= 0.3 is 5.97 Å².